The van der Waals surface area contributed by atoms with E-state index in [0.29, 0.717) is 29.9 Å². The molecule has 2 saturated carbocycles. The van der Waals surface area contributed by atoms with E-state index in [-0.39, 0.29) is 42.0 Å². The van der Waals surface area contributed by atoms with Gasteiger partial charge >= 0.3 is 5.97 Å². The molecule has 6 atom stereocenters. The number of imide groups is 1. The summed E-state index contributed by atoms with van der Waals surface area (Å²) < 4.78 is 11.1. The summed E-state index contributed by atoms with van der Waals surface area (Å²) in [5.41, 5.74) is 1.06. The first-order valence-electron chi connectivity index (χ1n) is 11.1. The number of allylic oxidation sites excluding steroid dienone is 2. The molecular weight excluding hydrogens is 406 g/mol. The Morgan fingerprint density at radius 3 is 2.06 bits per heavy atom. The molecule has 2 aromatic rings. The molecule has 1 heterocycles. The molecule has 1 saturated heterocycles. The second kappa shape index (κ2) is 7.33. The summed E-state index contributed by atoms with van der Waals surface area (Å²) in [6.07, 6.45) is 5.35. The number of carbonyl (C=O) groups is 3. The second-order valence-corrected chi connectivity index (χ2v) is 9.14. The molecule has 0 aromatic heterocycles. The van der Waals surface area contributed by atoms with E-state index in [0.717, 1.165) is 16.9 Å². The fraction of sp³-hybridized carbons (Fsp3) is 0.346. The highest BCUT2D eigenvalue weighted by Crippen LogP contribution is 2.65. The average Bonchev–Trinajstić information content (AvgIpc) is 3.60. The van der Waals surface area contributed by atoms with Gasteiger partial charge in [0.15, 0.2) is 0 Å². The Bertz CT molecular complexity index is 1070. The summed E-state index contributed by atoms with van der Waals surface area (Å²) in [6.45, 7) is 0.103. The van der Waals surface area contributed by atoms with Gasteiger partial charge in [-0.1, -0.05) is 42.5 Å². The summed E-state index contributed by atoms with van der Waals surface area (Å²) in [5.74, 6) is 0.740. The number of nitrogens with zero attached hydrogens (tertiary/aromatic N) is 1. The van der Waals surface area contributed by atoms with Crippen molar-refractivity contribution in [2.75, 3.05) is 6.54 Å². The van der Waals surface area contributed by atoms with Gasteiger partial charge in [-0.05, 0) is 59.9 Å². The Morgan fingerprint density at radius 1 is 0.844 bits per heavy atom. The van der Waals surface area contributed by atoms with E-state index in [9.17, 15) is 14.4 Å². The normalized spacial score (nSPS) is 31.3. The Labute approximate surface area is 185 Å². The number of ether oxygens (including phenoxy) is 2. The minimum atomic E-state index is -0.617. The van der Waals surface area contributed by atoms with Gasteiger partial charge in [-0.25, -0.2) is 4.79 Å². The highest BCUT2D eigenvalue weighted by atomic mass is 16.5. The predicted molar refractivity (Wildman–Crippen MR) is 114 cm³/mol. The quantitative estimate of drug-likeness (QED) is 0.305. The Morgan fingerprint density at radius 2 is 1.44 bits per heavy atom. The fourth-order valence-corrected chi connectivity index (χ4v) is 5.81. The van der Waals surface area contributed by atoms with Gasteiger partial charge in [0.25, 0.3) is 0 Å². The number of carbonyl (C=O) groups excluding carboxylic acids is 3. The monoisotopic (exact) mass is 429 g/mol. The van der Waals surface area contributed by atoms with Crippen molar-refractivity contribution in [3.05, 3.63) is 72.3 Å². The van der Waals surface area contributed by atoms with Crippen LogP contribution in [-0.2, 0) is 21.0 Å². The van der Waals surface area contributed by atoms with E-state index in [1.54, 1.807) is 24.3 Å². The molecule has 1 aliphatic heterocycles. The Balaban J connectivity index is 1.06. The van der Waals surface area contributed by atoms with Gasteiger partial charge in [0.1, 0.15) is 24.7 Å². The summed E-state index contributed by atoms with van der Waals surface area (Å²) in [4.78, 5) is 39.6. The molecule has 5 aliphatic rings. The van der Waals surface area contributed by atoms with Crippen LogP contribution in [0, 0.1) is 35.5 Å². The topological polar surface area (TPSA) is 72.9 Å². The molecule has 0 radical (unpaired) electrons. The molecule has 4 aliphatic carbocycles. The summed E-state index contributed by atoms with van der Waals surface area (Å²) in [6, 6.07) is 16.6. The standard InChI is InChI=1S/C26H23NO5/c28-22(32-17-8-6-16(7-9-17)31-14-15-4-2-1-3-5-15)13-27-25(29)23-18-10-11-19(21-12-20(18)21)24(23)26(27)30/h1-11,18-21,23-24H,12-14H2/t18-,19-,20-,21+,23+,24+/m0/s1. The van der Waals surface area contributed by atoms with E-state index < -0.39 is 5.97 Å². The van der Waals surface area contributed by atoms with Crippen LogP contribution in [-0.4, -0.2) is 29.2 Å². The number of likely N-dealkylation sites (tertiary alicyclic amines) is 1. The molecule has 7 rings (SSSR count). The molecule has 2 aromatic carbocycles. The Hall–Kier alpha value is -3.41. The van der Waals surface area contributed by atoms with Gasteiger partial charge < -0.3 is 9.47 Å². The maximum Gasteiger partial charge on any atom is 0.331 e. The molecule has 3 fully saturated rings. The lowest BCUT2D eigenvalue weighted by molar-refractivity contribution is -0.148. The predicted octanol–water partition coefficient (Wildman–Crippen LogP) is 3.22. The van der Waals surface area contributed by atoms with Gasteiger partial charge in [0.2, 0.25) is 11.8 Å². The van der Waals surface area contributed by atoms with Crippen LogP contribution in [0.4, 0.5) is 0 Å². The lowest BCUT2D eigenvalue weighted by atomic mass is 9.63. The van der Waals surface area contributed by atoms with E-state index in [1.807, 2.05) is 30.3 Å². The van der Waals surface area contributed by atoms with Crippen LogP contribution in [0.5, 0.6) is 11.5 Å². The summed E-state index contributed by atoms with van der Waals surface area (Å²) in [5, 5.41) is 0. The minimum Gasteiger partial charge on any atom is -0.489 e. The maximum absolute atomic E-state index is 13.0. The average molecular weight is 429 g/mol. The molecule has 6 heteroatoms. The van der Waals surface area contributed by atoms with Crippen LogP contribution in [0.25, 0.3) is 0 Å². The smallest absolute Gasteiger partial charge is 0.331 e. The first-order chi connectivity index (χ1) is 15.6. The highest BCUT2D eigenvalue weighted by molar-refractivity contribution is 6.08. The van der Waals surface area contributed by atoms with Gasteiger partial charge in [0, 0.05) is 0 Å². The van der Waals surface area contributed by atoms with Crippen LogP contribution in [0.1, 0.15) is 12.0 Å². The first kappa shape index (κ1) is 19.3. The van der Waals surface area contributed by atoms with E-state index in [2.05, 4.69) is 12.2 Å². The van der Waals surface area contributed by atoms with Gasteiger partial charge in [-0.2, -0.15) is 0 Å². The first-order valence-corrected chi connectivity index (χ1v) is 11.1. The lowest BCUT2D eigenvalue weighted by Crippen LogP contribution is -2.40. The maximum atomic E-state index is 13.0. The summed E-state index contributed by atoms with van der Waals surface area (Å²) >= 11 is 0. The van der Waals surface area contributed by atoms with Gasteiger partial charge in [-0.15, -0.1) is 0 Å². The molecule has 32 heavy (non-hydrogen) atoms. The van der Waals surface area contributed by atoms with Crippen molar-refractivity contribution in [3.8, 4) is 11.5 Å². The van der Waals surface area contributed by atoms with E-state index in [1.165, 1.54) is 0 Å². The van der Waals surface area contributed by atoms with E-state index in [4.69, 9.17) is 9.47 Å². The van der Waals surface area contributed by atoms with Crippen LogP contribution in [0.15, 0.2) is 66.7 Å². The third kappa shape index (κ3) is 3.13. The zero-order valence-electron chi connectivity index (χ0n) is 17.4. The number of amides is 2. The van der Waals surface area contributed by atoms with Crippen molar-refractivity contribution in [1.29, 1.82) is 0 Å². The fourth-order valence-electron chi connectivity index (χ4n) is 5.81. The Kier molecular flexibility index (Phi) is 4.42. The van der Waals surface area contributed by atoms with Crippen molar-refractivity contribution in [2.24, 2.45) is 35.5 Å². The molecule has 162 valence electrons. The zero-order valence-corrected chi connectivity index (χ0v) is 17.4. The van der Waals surface area contributed by atoms with Crippen molar-refractivity contribution < 1.29 is 23.9 Å². The lowest BCUT2D eigenvalue weighted by Gasteiger charge is -2.37. The van der Waals surface area contributed by atoms with Crippen LogP contribution >= 0.6 is 0 Å². The summed E-state index contributed by atoms with van der Waals surface area (Å²) in [7, 11) is 0. The van der Waals surface area contributed by atoms with Crippen molar-refractivity contribution in [3.63, 3.8) is 0 Å². The largest absolute Gasteiger partial charge is 0.489 e. The number of benzene rings is 2. The number of esters is 1. The third-order valence-corrected chi connectivity index (χ3v) is 7.35. The number of rotatable bonds is 6. The highest BCUT2D eigenvalue weighted by Gasteiger charge is 2.67. The van der Waals surface area contributed by atoms with Gasteiger partial charge in [-0.3, -0.25) is 14.5 Å². The van der Waals surface area contributed by atoms with Gasteiger partial charge in [0.05, 0.1) is 11.8 Å². The molecule has 0 unspecified atom stereocenters. The zero-order chi connectivity index (χ0) is 21.8. The van der Waals surface area contributed by atoms with Crippen LogP contribution in [0.3, 0.4) is 0 Å². The van der Waals surface area contributed by atoms with Crippen molar-refractivity contribution in [2.45, 2.75) is 13.0 Å². The minimum absolute atomic E-state index is 0.149. The molecule has 0 spiro atoms. The van der Waals surface area contributed by atoms with E-state index >= 15 is 0 Å². The molecule has 2 bridgehead atoms. The number of hydrogen-bond acceptors (Lipinski definition) is 5. The van der Waals surface area contributed by atoms with Crippen LogP contribution < -0.4 is 9.47 Å². The molecule has 2 amide bonds. The van der Waals surface area contributed by atoms with Crippen LogP contribution in [0.2, 0.25) is 0 Å². The third-order valence-electron chi connectivity index (χ3n) is 7.35. The number of hydrogen-bond donors (Lipinski definition) is 0. The molecular formula is C26H23NO5. The molecule has 0 N–H and O–H groups in total. The molecule has 6 nitrogen and oxygen atoms in total. The SMILES string of the molecule is O=C(CN1C(=O)[C@@H]2[C@H]3C=C[C@@H]([C@@H]4C[C@H]34)[C@H]2C1=O)Oc1ccc(OCc2ccccc2)cc1. The van der Waals surface area contributed by atoms with Crippen molar-refractivity contribution in [1.82, 2.24) is 4.90 Å². The second-order valence-electron chi connectivity index (χ2n) is 9.14. The van der Waals surface area contributed by atoms with Crippen molar-refractivity contribution >= 4 is 17.8 Å².